The van der Waals surface area contributed by atoms with E-state index in [1.165, 1.54) is 6.20 Å². The van der Waals surface area contributed by atoms with E-state index in [2.05, 4.69) is 10.5 Å². The normalized spacial score (nSPS) is 12.5. The summed E-state index contributed by atoms with van der Waals surface area (Å²) in [6.07, 6.45) is 2.38. The van der Waals surface area contributed by atoms with Gasteiger partial charge in [0.15, 0.2) is 0 Å². The molecule has 1 unspecified atom stereocenters. The maximum atomic E-state index is 11.5. The Bertz CT molecular complexity index is 322. The van der Waals surface area contributed by atoms with Gasteiger partial charge in [0, 0.05) is 12.1 Å². The summed E-state index contributed by atoms with van der Waals surface area (Å²) in [4.78, 5) is 11.5. The highest BCUT2D eigenvalue weighted by molar-refractivity contribution is 5.92. The van der Waals surface area contributed by atoms with Crippen LogP contribution in [-0.4, -0.2) is 28.8 Å². The molecule has 0 aromatic carbocycles. The van der Waals surface area contributed by atoms with Gasteiger partial charge < -0.3 is 14.9 Å². The van der Waals surface area contributed by atoms with Crippen LogP contribution < -0.4 is 5.32 Å². The molecule has 1 aromatic heterocycles. The lowest BCUT2D eigenvalue weighted by molar-refractivity contribution is 0.0904. The molecule has 5 heteroatoms. The Morgan fingerprint density at radius 2 is 2.47 bits per heavy atom. The van der Waals surface area contributed by atoms with Crippen molar-refractivity contribution in [1.82, 2.24) is 10.5 Å². The molecule has 1 heterocycles. The Morgan fingerprint density at radius 3 is 3.00 bits per heavy atom. The van der Waals surface area contributed by atoms with E-state index in [-0.39, 0.29) is 17.8 Å². The summed E-state index contributed by atoms with van der Waals surface area (Å²) < 4.78 is 4.79. The second kappa shape index (κ2) is 5.50. The van der Waals surface area contributed by atoms with E-state index in [9.17, 15) is 9.90 Å². The SMILES string of the molecule is CCC(O)CCNC(=O)c1oncc1C. The maximum Gasteiger partial charge on any atom is 0.290 e. The van der Waals surface area contributed by atoms with E-state index >= 15 is 0 Å². The minimum atomic E-state index is -0.360. The fraction of sp³-hybridized carbons (Fsp3) is 0.600. The molecule has 0 aliphatic rings. The molecule has 0 saturated heterocycles. The van der Waals surface area contributed by atoms with Crippen LogP contribution >= 0.6 is 0 Å². The number of aliphatic hydroxyl groups excluding tert-OH is 1. The van der Waals surface area contributed by atoms with Crippen molar-refractivity contribution in [3.05, 3.63) is 17.5 Å². The first-order valence-corrected chi connectivity index (χ1v) is 5.02. The third kappa shape index (κ3) is 3.36. The quantitative estimate of drug-likeness (QED) is 0.759. The van der Waals surface area contributed by atoms with Gasteiger partial charge >= 0.3 is 0 Å². The van der Waals surface area contributed by atoms with Gasteiger partial charge in [-0.25, -0.2) is 0 Å². The molecule has 0 spiro atoms. The largest absolute Gasteiger partial charge is 0.393 e. The Hall–Kier alpha value is -1.36. The van der Waals surface area contributed by atoms with Crippen LogP contribution in [0.1, 0.15) is 35.9 Å². The fourth-order valence-electron chi connectivity index (χ4n) is 1.15. The number of hydrogen-bond acceptors (Lipinski definition) is 4. The highest BCUT2D eigenvalue weighted by Crippen LogP contribution is 2.05. The van der Waals surface area contributed by atoms with Gasteiger partial charge in [-0.15, -0.1) is 0 Å². The van der Waals surface area contributed by atoms with Crippen LogP contribution in [0, 0.1) is 6.92 Å². The van der Waals surface area contributed by atoms with Gasteiger partial charge in [0.1, 0.15) is 0 Å². The average molecular weight is 212 g/mol. The number of nitrogens with one attached hydrogen (secondary N) is 1. The van der Waals surface area contributed by atoms with Crippen LogP contribution in [0.2, 0.25) is 0 Å². The molecule has 0 bridgehead atoms. The Morgan fingerprint density at radius 1 is 1.73 bits per heavy atom. The third-order valence-corrected chi connectivity index (χ3v) is 2.19. The van der Waals surface area contributed by atoms with Crippen LogP contribution in [0.15, 0.2) is 10.7 Å². The first-order valence-electron chi connectivity index (χ1n) is 5.02. The van der Waals surface area contributed by atoms with Crippen molar-refractivity contribution in [1.29, 1.82) is 0 Å². The number of aryl methyl sites for hydroxylation is 1. The Kier molecular flexibility index (Phi) is 4.30. The van der Waals surface area contributed by atoms with Crippen molar-refractivity contribution >= 4 is 5.91 Å². The lowest BCUT2D eigenvalue weighted by Gasteiger charge is -2.07. The van der Waals surface area contributed by atoms with Crippen LogP contribution in [-0.2, 0) is 0 Å². The number of carbonyl (C=O) groups is 1. The highest BCUT2D eigenvalue weighted by Gasteiger charge is 2.13. The van der Waals surface area contributed by atoms with Crippen LogP contribution in [0.3, 0.4) is 0 Å². The van der Waals surface area contributed by atoms with Gasteiger partial charge in [-0.3, -0.25) is 4.79 Å². The second-order valence-electron chi connectivity index (χ2n) is 3.44. The molecule has 5 nitrogen and oxygen atoms in total. The summed E-state index contributed by atoms with van der Waals surface area (Å²) in [6.45, 7) is 4.09. The number of rotatable bonds is 5. The van der Waals surface area contributed by atoms with E-state index in [1.54, 1.807) is 6.92 Å². The maximum absolute atomic E-state index is 11.5. The van der Waals surface area contributed by atoms with Gasteiger partial charge in [-0.05, 0) is 19.8 Å². The topological polar surface area (TPSA) is 75.4 Å². The molecule has 1 atom stereocenters. The number of aliphatic hydroxyl groups is 1. The molecule has 1 aromatic rings. The van der Waals surface area contributed by atoms with Crippen LogP contribution in [0.5, 0.6) is 0 Å². The Balaban J connectivity index is 2.34. The first kappa shape index (κ1) is 11.7. The van der Waals surface area contributed by atoms with E-state index in [0.717, 1.165) is 0 Å². The smallest absolute Gasteiger partial charge is 0.290 e. The molecule has 15 heavy (non-hydrogen) atoms. The molecule has 0 fully saturated rings. The molecule has 0 saturated carbocycles. The molecular weight excluding hydrogens is 196 g/mol. The number of aromatic nitrogens is 1. The summed E-state index contributed by atoms with van der Waals surface area (Å²) in [5.41, 5.74) is 0.712. The molecular formula is C10H16N2O3. The number of nitrogens with zero attached hydrogens (tertiary/aromatic N) is 1. The first-order chi connectivity index (χ1) is 7.15. The van der Waals surface area contributed by atoms with Crippen molar-refractivity contribution in [2.75, 3.05) is 6.54 Å². The lowest BCUT2D eigenvalue weighted by Crippen LogP contribution is -2.27. The zero-order valence-electron chi connectivity index (χ0n) is 8.99. The van der Waals surface area contributed by atoms with Crippen molar-refractivity contribution < 1.29 is 14.4 Å². The van der Waals surface area contributed by atoms with Gasteiger partial charge in [-0.1, -0.05) is 12.1 Å². The molecule has 1 rings (SSSR count). The van der Waals surface area contributed by atoms with Crippen LogP contribution in [0.25, 0.3) is 0 Å². The lowest BCUT2D eigenvalue weighted by atomic mass is 10.2. The van der Waals surface area contributed by atoms with Gasteiger partial charge in [-0.2, -0.15) is 0 Å². The zero-order valence-corrected chi connectivity index (χ0v) is 8.99. The van der Waals surface area contributed by atoms with Crippen molar-refractivity contribution in [2.45, 2.75) is 32.8 Å². The zero-order chi connectivity index (χ0) is 11.3. The number of hydrogen-bond donors (Lipinski definition) is 2. The van der Waals surface area contributed by atoms with E-state index < -0.39 is 0 Å². The molecule has 1 amide bonds. The average Bonchev–Trinajstić information content (AvgIpc) is 2.64. The van der Waals surface area contributed by atoms with Gasteiger partial charge in [0.05, 0.1) is 12.3 Å². The second-order valence-corrected chi connectivity index (χ2v) is 3.44. The summed E-state index contributed by atoms with van der Waals surface area (Å²) in [7, 11) is 0. The third-order valence-electron chi connectivity index (χ3n) is 2.19. The van der Waals surface area contributed by atoms with Gasteiger partial charge in [0.25, 0.3) is 5.91 Å². The minimum Gasteiger partial charge on any atom is -0.393 e. The van der Waals surface area contributed by atoms with Crippen molar-refractivity contribution in [2.24, 2.45) is 0 Å². The predicted molar refractivity (Wildman–Crippen MR) is 54.5 cm³/mol. The summed E-state index contributed by atoms with van der Waals surface area (Å²) in [5.74, 6) is -0.0470. The Labute approximate surface area is 88.5 Å². The van der Waals surface area contributed by atoms with E-state index in [0.29, 0.717) is 24.9 Å². The number of amides is 1. The molecule has 0 aliphatic heterocycles. The van der Waals surface area contributed by atoms with E-state index in [4.69, 9.17) is 4.52 Å². The minimum absolute atomic E-state index is 0.237. The standard InChI is InChI=1S/C10H16N2O3/c1-3-8(13)4-5-11-10(14)9-7(2)6-12-15-9/h6,8,13H,3-5H2,1-2H3,(H,11,14). The van der Waals surface area contributed by atoms with Crippen molar-refractivity contribution in [3.8, 4) is 0 Å². The fourth-order valence-corrected chi connectivity index (χ4v) is 1.15. The predicted octanol–water partition coefficient (Wildman–Crippen LogP) is 0.874. The van der Waals surface area contributed by atoms with Gasteiger partial charge in [0.2, 0.25) is 5.76 Å². The van der Waals surface area contributed by atoms with Crippen molar-refractivity contribution in [3.63, 3.8) is 0 Å². The summed E-state index contributed by atoms with van der Waals surface area (Å²) in [6, 6.07) is 0. The summed E-state index contributed by atoms with van der Waals surface area (Å²) >= 11 is 0. The van der Waals surface area contributed by atoms with Crippen LogP contribution in [0.4, 0.5) is 0 Å². The summed E-state index contributed by atoms with van der Waals surface area (Å²) in [5, 5.41) is 15.4. The molecule has 0 radical (unpaired) electrons. The highest BCUT2D eigenvalue weighted by atomic mass is 16.5. The number of carbonyl (C=O) groups excluding carboxylic acids is 1. The monoisotopic (exact) mass is 212 g/mol. The molecule has 2 N–H and O–H groups in total. The molecule has 84 valence electrons. The molecule has 0 aliphatic carbocycles. The van der Waals surface area contributed by atoms with E-state index in [1.807, 2.05) is 6.92 Å².